The predicted octanol–water partition coefficient (Wildman–Crippen LogP) is 4.12. The van der Waals surface area contributed by atoms with Gasteiger partial charge in [0.25, 0.3) is 0 Å². The second-order valence-electron chi connectivity index (χ2n) is 8.41. The van der Waals surface area contributed by atoms with Gasteiger partial charge in [-0.3, -0.25) is 0 Å². The molecule has 0 radical (unpaired) electrons. The highest BCUT2D eigenvalue weighted by Crippen LogP contribution is 2.40. The lowest BCUT2D eigenvalue weighted by Crippen LogP contribution is -2.20. The first-order valence-corrected chi connectivity index (χ1v) is 11.7. The molecule has 0 atom stereocenters. The smallest absolute Gasteiger partial charge is 0.247 e. The van der Waals surface area contributed by atoms with E-state index in [1.54, 1.807) is 14.2 Å². The van der Waals surface area contributed by atoms with Gasteiger partial charge in [-0.15, -0.1) is 10.2 Å². The van der Waals surface area contributed by atoms with Crippen LogP contribution in [0.1, 0.15) is 31.2 Å². The van der Waals surface area contributed by atoms with Crippen molar-refractivity contribution < 1.29 is 23.7 Å². The Balaban J connectivity index is 1.60. The Morgan fingerprint density at radius 1 is 1.00 bits per heavy atom. The molecule has 2 aromatic heterocycles. The Morgan fingerprint density at radius 2 is 1.80 bits per heavy atom. The average Bonchev–Trinajstić information content (AvgIpc) is 3.50. The summed E-state index contributed by atoms with van der Waals surface area (Å²) in [7, 11) is 3.27. The van der Waals surface area contributed by atoms with Crippen LogP contribution >= 0.6 is 0 Å². The molecular formula is C26H32N4O5. The average molecular weight is 481 g/mol. The van der Waals surface area contributed by atoms with Crippen molar-refractivity contribution in [2.24, 2.45) is 0 Å². The molecule has 0 saturated heterocycles. The largest absolute Gasteiger partial charge is 0.493 e. The van der Waals surface area contributed by atoms with E-state index in [0.717, 1.165) is 27.7 Å². The first-order chi connectivity index (χ1) is 17.0. The molecule has 186 valence electrons. The molecule has 0 unspecified atom stereocenters. The molecule has 4 rings (SSSR count). The number of aliphatic hydroxyl groups is 1. The highest BCUT2D eigenvalue weighted by molar-refractivity contribution is 5.94. The van der Waals surface area contributed by atoms with Gasteiger partial charge < -0.3 is 34.0 Å². The number of nitrogens with zero attached hydrogens (tertiary/aromatic N) is 2. The van der Waals surface area contributed by atoms with Gasteiger partial charge >= 0.3 is 0 Å². The van der Waals surface area contributed by atoms with Crippen molar-refractivity contribution >= 4 is 10.9 Å². The summed E-state index contributed by atoms with van der Waals surface area (Å²) < 4.78 is 22.0. The van der Waals surface area contributed by atoms with Crippen molar-refractivity contribution in [1.82, 2.24) is 20.5 Å². The fourth-order valence-corrected chi connectivity index (χ4v) is 4.11. The molecule has 0 fully saturated rings. The summed E-state index contributed by atoms with van der Waals surface area (Å²) in [4.78, 5) is 3.58. The Kier molecular flexibility index (Phi) is 8.02. The molecule has 9 heteroatoms. The molecule has 0 aliphatic carbocycles. The maximum absolute atomic E-state index is 8.73. The highest BCUT2D eigenvalue weighted by Gasteiger charge is 2.19. The number of aromatic nitrogens is 3. The molecule has 3 N–H and O–H groups in total. The third-order valence-electron chi connectivity index (χ3n) is 5.74. The monoisotopic (exact) mass is 480 g/mol. The summed E-state index contributed by atoms with van der Waals surface area (Å²) in [5.74, 6) is 2.64. The zero-order chi connectivity index (χ0) is 24.8. The number of methoxy groups -OCH3 is 2. The molecule has 0 spiro atoms. The molecule has 2 aromatic carbocycles. The lowest BCUT2D eigenvalue weighted by atomic mass is 9.95. The van der Waals surface area contributed by atoms with Gasteiger partial charge in [-0.2, -0.15) is 0 Å². The molecule has 0 saturated carbocycles. The quantitative estimate of drug-likeness (QED) is 0.259. The summed E-state index contributed by atoms with van der Waals surface area (Å²) in [6.07, 6.45) is 0. The lowest BCUT2D eigenvalue weighted by molar-refractivity contribution is 0.0935. The number of fused-ring (bicyclic) bond motifs is 1. The summed E-state index contributed by atoms with van der Waals surface area (Å²) in [5.41, 5.74) is 5.18. The van der Waals surface area contributed by atoms with Crippen LogP contribution in [0, 0.1) is 0 Å². The van der Waals surface area contributed by atoms with E-state index in [2.05, 4.69) is 40.4 Å². The predicted molar refractivity (Wildman–Crippen MR) is 134 cm³/mol. The third kappa shape index (κ3) is 5.48. The third-order valence-corrected chi connectivity index (χ3v) is 5.74. The van der Waals surface area contributed by atoms with Crippen LogP contribution in [0.2, 0.25) is 0 Å². The van der Waals surface area contributed by atoms with Crippen LogP contribution < -0.4 is 14.8 Å². The molecular weight excluding hydrogens is 448 g/mol. The molecule has 0 amide bonds. The van der Waals surface area contributed by atoms with Gasteiger partial charge in [-0.25, -0.2) is 0 Å². The molecule has 9 nitrogen and oxygen atoms in total. The van der Waals surface area contributed by atoms with Gasteiger partial charge in [0.15, 0.2) is 11.5 Å². The van der Waals surface area contributed by atoms with Crippen molar-refractivity contribution in [3.8, 4) is 34.2 Å². The number of rotatable bonds is 12. The van der Waals surface area contributed by atoms with Gasteiger partial charge in [-0.05, 0) is 47.9 Å². The van der Waals surface area contributed by atoms with Crippen LogP contribution in [0.5, 0.6) is 11.5 Å². The van der Waals surface area contributed by atoms with E-state index >= 15 is 0 Å². The standard InChI is InChI=1S/C26H32N4O5/c1-16(2)24-19-13-18(26-30-29-23(35-26)15-27-9-11-34-12-10-31)5-7-20(19)28-25(24)17-6-8-21(32-3)22(14-17)33-4/h5-8,13-14,16,27-28,31H,9-12,15H2,1-4H3. The fraction of sp³-hybridized carbons (Fsp3) is 0.385. The second-order valence-corrected chi connectivity index (χ2v) is 8.41. The van der Waals surface area contributed by atoms with E-state index in [1.165, 1.54) is 5.56 Å². The maximum Gasteiger partial charge on any atom is 0.247 e. The number of aliphatic hydroxyl groups excluding tert-OH is 1. The second kappa shape index (κ2) is 11.4. The molecule has 0 aliphatic rings. The number of nitrogens with one attached hydrogen (secondary N) is 2. The van der Waals surface area contributed by atoms with E-state index in [1.807, 2.05) is 30.3 Å². The van der Waals surface area contributed by atoms with Crippen LogP contribution in [0.4, 0.5) is 0 Å². The summed E-state index contributed by atoms with van der Waals surface area (Å²) in [6, 6.07) is 12.1. The number of aromatic amines is 1. The Hall–Kier alpha value is -3.40. The topological polar surface area (TPSA) is 115 Å². The van der Waals surface area contributed by atoms with Crippen molar-refractivity contribution in [3.05, 3.63) is 47.9 Å². The van der Waals surface area contributed by atoms with Crippen molar-refractivity contribution in [3.63, 3.8) is 0 Å². The summed E-state index contributed by atoms with van der Waals surface area (Å²) in [6.45, 7) is 6.30. The van der Waals surface area contributed by atoms with E-state index in [4.69, 9.17) is 23.7 Å². The first kappa shape index (κ1) is 24.7. The maximum atomic E-state index is 8.73. The van der Waals surface area contributed by atoms with Crippen LogP contribution in [-0.2, 0) is 11.3 Å². The van der Waals surface area contributed by atoms with E-state index in [-0.39, 0.29) is 12.5 Å². The minimum Gasteiger partial charge on any atom is -0.493 e. The van der Waals surface area contributed by atoms with E-state index in [0.29, 0.717) is 49.6 Å². The Bertz CT molecular complexity index is 1260. The molecule has 0 aliphatic heterocycles. The van der Waals surface area contributed by atoms with E-state index < -0.39 is 0 Å². The number of ether oxygens (including phenoxy) is 3. The summed E-state index contributed by atoms with van der Waals surface area (Å²) in [5, 5.41) is 21.4. The minimum absolute atomic E-state index is 0.0206. The van der Waals surface area contributed by atoms with E-state index in [9.17, 15) is 0 Å². The van der Waals surface area contributed by atoms with Crippen molar-refractivity contribution in [1.29, 1.82) is 0 Å². The van der Waals surface area contributed by atoms with Crippen molar-refractivity contribution in [2.45, 2.75) is 26.3 Å². The normalized spacial score (nSPS) is 11.5. The van der Waals surface area contributed by atoms with Crippen LogP contribution in [0.15, 0.2) is 40.8 Å². The minimum atomic E-state index is 0.0206. The van der Waals surface area contributed by atoms with Gasteiger partial charge in [0.05, 0.1) is 46.3 Å². The van der Waals surface area contributed by atoms with Crippen LogP contribution in [0.25, 0.3) is 33.6 Å². The van der Waals surface area contributed by atoms with Gasteiger partial charge in [0.1, 0.15) is 0 Å². The number of hydrogen-bond acceptors (Lipinski definition) is 8. The Labute approximate surface area is 204 Å². The number of hydrogen-bond donors (Lipinski definition) is 3. The zero-order valence-corrected chi connectivity index (χ0v) is 20.6. The molecule has 2 heterocycles. The van der Waals surface area contributed by atoms with Gasteiger partial charge in [0, 0.05) is 28.6 Å². The Morgan fingerprint density at radius 3 is 2.54 bits per heavy atom. The van der Waals surface area contributed by atoms with Crippen LogP contribution in [-0.4, -0.2) is 60.9 Å². The number of benzene rings is 2. The number of H-pyrrole nitrogens is 1. The van der Waals surface area contributed by atoms with Crippen molar-refractivity contribution in [2.75, 3.05) is 40.6 Å². The first-order valence-electron chi connectivity index (χ1n) is 11.7. The fourth-order valence-electron chi connectivity index (χ4n) is 4.11. The molecule has 0 bridgehead atoms. The highest BCUT2D eigenvalue weighted by atomic mass is 16.5. The lowest BCUT2D eigenvalue weighted by Gasteiger charge is -2.12. The zero-order valence-electron chi connectivity index (χ0n) is 20.6. The molecule has 35 heavy (non-hydrogen) atoms. The SMILES string of the molecule is COc1ccc(-c2[nH]c3ccc(-c4nnc(CNCCOCCO)o4)cc3c2C(C)C)cc1OC. The van der Waals surface area contributed by atoms with Gasteiger partial charge in [0.2, 0.25) is 11.8 Å². The molecule has 4 aromatic rings. The van der Waals surface area contributed by atoms with Gasteiger partial charge in [-0.1, -0.05) is 13.8 Å². The van der Waals surface area contributed by atoms with Crippen LogP contribution in [0.3, 0.4) is 0 Å². The summed E-state index contributed by atoms with van der Waals surface area (Å²) >= 11 is 0.